The fraction of sp³-hybridized carbons (Fsp3) is 0.250. The first-order valence-corrected chi connectivity index (χ1v) is 9.34. The Morgan fingerprint density at radius 2 is 1.91 bits per heavy atom. The van der Waals surface area contributed by atoms with E-state index in [-0.39, 0.29) is 11.7 Å². The summed E-state index contributed by atoms with van der Waals surface area (Å²) in [6.07, 6.45) is 0.917. The van der Waals surface area contributed by atoms with Crippen molar-refractivity contribution in [3.8, 4) is 0 Å². The first-order chi connectivity index (χ1) is 10.4. The van der Waals surface area contributed by atoms with E-state index in [2.05, 4.69) is 10.8 Å². The molecular formula is C16H15Cl2NO2S. The summed E-state index contributed by atoms with van der Waals surface area (Å²) in [5, 5.41) is 0.858. The smallest absolute Gasteiger partial charge is 0.214 e. The van der Waals surface area contributed by atoms with E-state index in [1.807, 2.05) is 18.2 Å². The third kappa shape index (κ3) is 3.46. The molecule has 3 nitrogen and oxygen atoms in total. The van der Waals surface area contributed by atoms with Gasteiger partial charge in [-0.25, -0.2) is 13.1 Å². The second-order valence-corrected chi connectivity index (χ2v) is 8.09. The molecule has 1 N–H and O–H groups in total. The maximum atomic E-state index is 12.2. The first kappa shape index (κ1) is 15.8. The van der Waals surface area contributed by atoms with Crippen molar-refractivity contribution in [1.29, 1.82) is 0 Å². The molecule has 0 fully saturated rings. The van der Waals surface area contributed by atoms with E-state index in [1.54, 1.807) is 18.2 Å². The van der Waals surface area contributed by atoms with Crippen molar-refractivity contribution in [2.45, 2.75) is 18.1 Å². The van der Waals surface area contributed by atoms with Gasteiger partial charge in [-0.15, -0.1) is 0 Å². The van der Waals surface area contributed by atoms with Gasteiger partial charge in [0.1, 0.15) is 0 Å². The van der Waals surface area contributed by atoms with Crippen LogP contribution in [0.2, 0.25) is 10.0 Å². The van der Waals surface area contributed by atoms with Gasteiger partial charge in [-0.2, -0.15) is 0 Å². The summed E-state index contributed by atoms with van der Waals surface area (Å²) in [6, 6.07) is 12.9. The molecule has 1 aliphatic rings. The highest BCUT2D eigenvalue weighted by molar-refractivity contribution is 7.88. The van der Waals surface area contributed by atoms with Crippen LogP contribution in [0.3, 0.4) is 0 Å². The lowest BCUT2D eigenvalue weighted by molar-refractivity contribution is 0.551. The minimum Gasteiger partial charge on any atom is -0.214 e. The monoisotopic (exact) mass is 355 g/mol. The van der Waals surface area contributed by atoms with E-state index in [0.717, 1.165) is 6.42 Å². The zero-order chi connectivity index (χ0) is 15.7. The summed E-state index contributed by atoms with van der Waals surface area (Å²) in [5.41, 5.74) is 3.08. The molecule has 1 unspecified atom stereocenters. The van der Waals surface area contributed by atoms with Gasteiger partial charge in [0.2, 0.25) is 10.0 Å². The number of fused-ring (bicyclic) bond motifs is 1. The van der Waals surface area contributed by atoms with Gasteiger partial charge in [0.25, 0.3) is 0 Å². The number of hydrogen-bond acceptors (Lipinski definition) is 2. The minimum absolute atomic E-state index is 0.141. The van der Waals surface area contributed by atoms with E-state index in [4.69, 9.17) is 23.2 Å². The zero-order valence-electron chi connectivity index (χ0n) is 11.7. The van der Waals surface area contributed by atoms with Gasteiger partial charge < -0.3 is 0 Å². The van der Waals surface area contributed by atoms with E-state index in [1.165, 1.54) is 11.1 Å². The fourth-order valence-corrected chi connectivity index (χ4v) is 4.44. The lowest BCUT2D eigenvalue weighted by atomic mass is 9.78. The van der Waals surface area contributed by atoms with Crippen LogP contribution >= 0.6 is 23.2 Å². The summed E-state index contributed by atoms with van der Waals surface area (Å²) < 4.78 is 27.1. The maximum absolute atomic E-state index is 12.2. The fourth-order valence-electron chi connectivity index (χ4n) is 2.67. The maximum Gasteiger partial charge on any atom is 0.215 e. The SMILES string of the molecule is O=S(=O)(Cc1ccc(Cl)cc1Cl)NCC1Cc2ccccc21. The number of sulfonamides is 1. The minimum atomic E-state index is -3.42. The van der Waals surface area contributed by atoms with Gasteiger partial charge >= 0.3 is 0 Å². The largest absolute Gasteiger partial charge is 0.215 e. The Morgan fingerprint density at radius 3 is 2.64 bits per heavy atom. The number of nitrogens with one attached hydrogen (secondary N) is 1. The molecule has 6 heteroatoms. The highest BCUT2D eigenvalue weighted by Crippen LogP contribution is 2.34. The van der Waals surface area contributed by atoms with Crippen LogP contribution in [0.1, 0.15) is 22.6 Å². The Morgan fingerprint density at radius 1 is 1.14 bits per heavy atom. The summed E-state index contributed by atoms with van der Waals surface area (Å²) in [6.45, 7) is 0.421. The van der Waals surface area contributed by atoms with Gasteiger partial charge in [0.05, 0.1) is 5.75 Å². The third-order valence-corrected chi connectivity index (χ3v) is 5.76. The van der Waals surface area contributed by atoms with E-state index < -0.39 is 10.0 Å². The molecule has 0 heterocycles. The number of rotatable bonds is 5. The van der Waals surface area contributed by atoms with Crippen LogP contribution < -0.4 is 4.72 Å². The van der Waals surface area contributed by atoms with E-state index in [0.29, 0.717) is 22.2 Å². The molecule has 2 aromatic rings. The molecule has 0 spiro atoms. The van der Waals surface area contributed by atoms with Crippen LogP contribution in [0.5, 0.6) is 0 Å². The van der Waals surface area contributed by atoms with Crippen LogP contribution in [0.4, 0.5) is 0 Å². The number of hydrogen-bond donors (Lipinski definition) is 1. The lowest BCUT2D eigenvalue weighted by Gasteiger charge is -2.30. The van der Waals surface area contributed by atoms with Gasteiger partial charge in [-0.05, 0) is 35.2 Å². The summed E-state index contributed by atoms with van der Waals surface area (Å²) >= 11 is 11.8. The molecule has 0 saturated carbocycles. The third-order valence-electron chi connectivity index (χ3n) is 3.87. The van der Waals surface area contributed by atoms with Crippen molar-refractivity contribution >= 4 is 33.2 Å². The van der Waals surface area contributed by atoms with Crippen LogP contribution in [0.15, 0.2) is 42.5 Å². The van der Waals surface area contributed by atoms with Crippen molar-refractivity contribution in [2.24, 2.45) is 0 Å². The number of benzene rings is 2. The molecule has 0 bridgehead atoms. The highest BCUT2D eigenvalue weighted by Gasteiger charge is 2.26. The molecule has 116 valence electrons. The normalized spacial score (nSPS) is 16.9. The van der Waals surface area contributed by atoms with Crippen molar-refractivity contribution in [2.75, 3.05) is 6.54 Å². The molecule has 22 heavy (non-hydrogen) atoms. The lowest BCUT2D eigenvalue weighted by Crippen LogP contribution is -2.33. The molecule has 0 amide bonds. The predicted octanol–water partition coefficient (Wildman–Crippen LogP) is 3.75. The van der Waals surface area contributed by atoms with Crippen LogP contribution in [-0.4, -0.2) is 15.0 Å². The Bertz CT molecular complexity index is 806. The Balaban J connectivity index is 1.63. The summed E-state index contributed by atoms with van der Waals surface area (Å²) in [5.74, 6) is 0.115. The molecule has 3 rings (SSSR count). The van der Waals surface area contributed by atoms with Crippen molar-refractivity contribution in [1.82, 2.24) is 4.72 Å². The number of halogens is 2. The quantitative estimate of drug-likeness (QED) is 0.887. The summed E-state index contributed by atoms with van der Waals surface area (Å²) in [7, 11) is -3.42. The van der Waals surface area contributed by atoms with Gasteiger partial charge in [-0.1, -0.05) is 53.5 Å². The Labute approximate surface area is 140 Å². The molecule has 2 aromatic carbocycles. The molecule has 0 aromatic heterocycles. The Hall–Kier alpha value is -1.07. The topological polar surface area (TPSA) is 46.2 Å². The Kier molecular flexibility index (Phi) is 4.46. The van der Waals surface area contributed by atoms with E-state index in [9.17, 15) is 8.42 Å². The second-order valence-electron chi connectivity index (χ2n) is 5.44. The standard InChI is InChI=1S/C16H15Cl2NO2S/c17-14-6-5-12(16(18)8-14)10-22(20,21)19-9-13-7-11-3-1-2-4-15(11)13/h1-6,8,13,19H,7,9-10H2. The highest BCUT2D eigenvalue weighted by atomic mass is 35.5. The first-order valence-electron chi connectivity index (χ1n) is 6.94. The van der Waals surface area contributed by atoms with Crippen molar-refractivity contribution in [3.05, 3.63) is 69.2 Å². The second kappa shape index (κ2) is 6.20. The van der Waals surface area contributed by atoms with E-state index >= 15 is 0 Å². The van der Waals surface area contributed by atoms with Gasteiger partial charge in [-0.3, -0.25) is 0 Å². The van der Waals surface area contributed by atoms with Crippen LogP contribution in [0, 0.1) is 0 Å². The molecule has 0 aliphatic heterocycles. The van der Waals surface area contributed by atoms with Gasteiger partial charge in [0.15, 0.2) is 0 Å². The predicted molar refractivity (Wildman–Crippen MR) is 90.0 cm³/mol. The average Bonchev–Trinajstić information content (AvgIpc) is 2.43. The van der Waals surface area contributed by atoms with Crippen molar-refractivity contribution in [3.63, 3.8) is 0 Å². The molecule has 0 saturated heterocycles. The van der Waals surface area contributed by atoms with Crippen LogP contribution in [-0.2, 0) is 22.2 Å². The average molecular weight is 356 g/mol. The zero-order valence-corrected chi connectivity index (χ0v) is 14.0. The van der Waals surface area contributed by atoms with Crippen LogP contribution in [0.25, 0.3) is 0 Å². The molecule has 1 atom stereocenters. The van der Waals surface area contributed by atoms with Crippen molar-refractivity contribution < 1.29 is 8.42 Å². The molecule has 0 radical (unpaired) electrons. The van der Waals surface area contributed by atoms with Gasteiger partial charge in [0, 0.05) is 22.5 Å². The molecule has 1 aliphatic carbocycles. The summed E-state index contributed by atoms with van der Waals surface area (Å²) in [4.78, 5) is 0. The molecular weight excluding hydrogens is 341 g/mol.